The number of benzene rings is 3. The summed E-state index contributed by atoms with van der Waals surface area (Å²) in [5.41, 5.74) is 0.758. The van der Waals surface area contributed by atoms with Crippen molar-refractivity contribution in [3.8, 4) is 0 Å². The Labute approximate surface area is 168 Å². The van der Waals surface area contributed by atoms with Crippen LogP contribution < -0.4 is 32.9 Å². The molecule has 3 aromatic rings. The Morgan fingerprint density at radius 3 is 1.19 bits per heavy atom. The summed E-state index contributed by atoms with van der Waals surface area (Å²) < 4.78 is 0. The van der Waals surface area contributed by atoms with Crippen molar-refractivity contribution in [1.82, 2.24) is 0 Å². The van der Waals surface area contributed by atoms with Gasteiger partial charge in [0, 0.05) is 0 Å². The topological polar surface area (TPSA) is 0 Å². The van der Waals surface area contributed by atoms with E-state index >= 15 is 0 Å². The average molecular weight is 425 g/mol. The first-order valence-electron chi connectivity index (χ1n) is 9.48. The van der Waals surface area contributed by atoms with E-state index in [2.05, 4.69) is 91.0 Å². The molecule has 0 saturated heterocycles. The van der Waals surface area contributed by atoms with E-state index in [9.17, 15) is 0 Å². The molecule has 0 spiro atoms. The molecule has 0 unspecified atom stereocenters. The molecule has 0 aromatic heterocycles. The van der Waals surface area contributed by atoms with Crippen molar-refractivity contribution in [2.45, 2.75) is 37.8 Å². The van der Waals surface area contributed by atoms with E-state index in [-0.39, 0.29) is 17.0 Å². The summed E-state index contributed by atoms with van der Waals surface area (Å²) in [7, 11) is -1.63. The first kappa shape index (κ1) is 19.3. The second-order valence-electron chi connectivity index (χ2n) is 7.02. The minimum atomic E-state index is -1.63. The lowest BCUT2D eigenvalue weighted by molar-refractivity contribution is -0.00000487. The van der Waals surface area contributed by atoms with Crippen molar-refractivity contribution < 1.29 is 17.0 Å². The second kappa shape index (κ2) is 8.98. The van der Waals surface area contributed by atoms with Crippen molar-refractivity contribution in [1.29, 1.82) is 0 Å². The van der Waals surface area contributed by atoms with Gasteiger partial charge in [-0.3, -0.25) is 0 Å². The van der Waals surface area contributed by atoms with Gasteiger partial charge in [0.1, 0.15) is 23.2 Å². The summed E-state index contributed by atoms with van der Waals surface area (Å²) in [5, 5.41) is 4.62. The Morgan fingerprint density at radius 1 is 0.500 bits per heavy atom. The zero-order chi connectivity index (χ0) is 17.0. The molecule has 0 atom stereocenters. The molecule has 0 bridgehead atoms. The van der Waals surface area contributed by atoms with Crippen LogP contribution in [0.4, 0.5) is 0 Å². The van der Waals surface area contributed by atoms with Crippen LogP contribution in [0.15, 0.2) is 91.0 Å². The van der Waals surface area contributed by atoms with E-state index in [1.165, 1.54) is 32.1 Å². The van der Waals surface area contributed by atoms with Crippen molar-refractivity contribution in [3.05, 3.63) is 91.0 Å². The Hall–Kier alpha value is -1.43. The van der Waals surface area contributed by atoms with E-state index in [0.29, 0.717) is 0 Å². The fraction of sp³-hybridized carbons (Fsp3) is 0.250. The lowest BCUT2D eigenvalue weighted by atomic mass is 10.0. The van der Waals surface area contributed by atoms with E-state index in [0.717, 1.165) is 5.66 Å². The molecule has 26 heavy (non-hydrogen) atoms. The predicted molar refractivity (Wildman–Crippen MR) is 112 cm³/mol. The molecule has 0 amide bonds. The van der Waals surface area contributed by atoms with Crippen LogP contribution in [-0.2, 0) is 0 Å². The van der Waals surface area contributed by atoms with Crippen molar-refractivity contribution in [3.63, 3.8) is 0 Å². The third-order valence-corrected chi connectivity index (χ3v) is 10.6. The maximum absolute atomic E-state index is 2.38. The van der Waals surface area contributed by atoms with Crippen molar-refractivity contribution in [2.75, 3.05) is 0 Å². The van der Waals surface area contributed by atoms with E-state index in [1.54, 1.807) is 15.9 Å². The molecule has 134 valence electrons. The first-order valence-corrected chi connectivity index (χ1v) is 11.3. The molecular formula is C24H26BrP. The lowest BCUT2D eigenvalue weighted by Crippen LogP contribution is -3.00. The van der Waals surface area contributed by atoms with Crippen LogP contribution in [0.1, 0.15) is 32.1 Å². The van der Waals surface area contributed by atoms with Gasteiger partial charge in [-0.1, -0.05) is 61.0 Å². The van der Waals surface area contributed by atoms with Gasteiger partial charge in [0.2, 0.25) is 0 Å². The average Bonchev–Trinajstić information content (AvgIpc) is 2.72. The Bertz CT molecular complexity index is 684. The molecule has 4 rings (SSSR count). The number of rotatable bonds is 4. The molecular weight excluding hydrogens is 399 g/mol. The predicted octanol–water partition coefficient (Wildman–Crippen LogP) is 2.32. The van der Waals surface area contributed by atoms with E-state index < -0.39 is 7.26 Å². The van der Waals surface area contributed by atoms with E-state index in [4.69, 9.17) is 0 Å². The maximum atomic E-state index is 2.38. The SMILES string of the molecule is [Br-].c1ccc([P+](c2ccccc2)(c2ccccc2)C2CCCCC2)cc1. The van der Waals surface area contributed by atoms with Gasteiger partial charge in [0.05, 0.1) is 5.66 Å². The van der Waals surface area contributed by atoms with Gasteiger partial charge in [-0.15, -0.1) is 0 Å². The minimum absolute atomic E-state index is 0. The zero-order valence-corrected chi connectivity index (χ0v) is 17.6. The van der Waals surface area contributed by atoms with Crippen LogP contribution in [0, 0.1) is 0 Å². The molecule has 0 radical (unpaired) electrons. The molecule has 0 aliphatic heterocycles. The van der Waals surface area contributed by atoms with Gasteiger partial charge < -0.3 is 17.0 Å². The summed E-state index contributed by atoms with van der Waals surface area (Å²) in [6.45, 7) is 0. The van der Waals surface area contributed by atoms with Gasteiger partial charge in [-0.2, -0.15) is 0 Å². The molecule has 1 aliphatic rings. The highest BCUT2D eigenvalue weighted by Crippen LogP contribution is 2.63. The standard InChI is InChI=1S/C24H26P.BrH/c1-5-13-21(14-6-1)25(22-15-7-2-8-16-22,23-17-9-3-10-18-23)24-19-11-4-12-20-24;/h1-3,5-10,13-18,24H,4,11-12,19-20H2;1H/q+1;/p-1. The van der Waals surface area contributed by atoms with Gasteiger partial charge in [0.25, 0.3) is 0 Å². The monoisotopic (exact) mass is 424 g/mol. The summed E-state index contributed by atoms with van der Waals surface area (Å²) in [4.78, 5) is 0. The van der Waals surface area contributed by atoms with Gasteiger partial charge in [0.15, 0.2) is 0 Å². The molecule has 3 aromatic carbocycles. The second-order valence-corrected chi connectivity index (χ2v) is 10.7. The third kappa shape index (κ3) is 3.53. The molecule has 0 nitrogen and oxygen atoms in total. The largest absolute Gasteiger partial charge is 1.00 e. The lowest BCUT2D eigenvalue weighted by Gasteiger charge is -2.36. The highest BCUT2D eigenvalue weighted by Gasteiger charge is 2.51. The van der Waals surface area contributed by atoms with Gasteiger partial charge in [-0.05, 0) is 62.1 Å². The maximum Gasteiger partial charge on any atom is 0.115 e. The zero-order valence-electron chi connectivity index (χ0n) is 15.1. The Morgan fingerprint density at radius 2 is 0.846 bits per heavy atom. The first-order chi connectivity index (χ1) is 12.4. The van der Waals surface area contributed by atoms with E-state index in [1.807, 2.05) is 0 Å². The summed E-state index contributed by atoms with van der Waals surface area (Å²) in [6.07, 6.45) is 6.85. The van der Waals surface area contributed by atoms with Crippen LogP contribution >= 0.6 is 7.26 Å². The number of halogens is 1. The quantitative estimate of drug-likeness (QED) is 0.563. The molecule has 2 heteroatoms. The van der Waals surface area contributed by atoms with Crippen LogP contribution in [0.3, 0.4) is 0 Å². The van der Waals surface area contributed by atoms with Crippen LogP contribution in [0.25, 0.3) is 0 Å². The molecule has 0 heterocycles. The van der Waals surface area contributed by atoms with Crippen LogP contribution in [0.5, 0.6) is 0 Å². The van der Waals surface area contributed by atoms with Crippen molar-refractivity contribution >= 4 is 23.2 Å². The summed E-state index contributed by atoms with van der Waals surface area (Å²) in [6, 6.07) is 34.0. The normalized spacial score (nSPS) is 15.2. The minimum Gasteiger partial charge on any atom is -1.00 e. The Balaban J connectivity index is 0.00000196. The summed E-state index contributed by atoms with van der Waals surface area (Å²) >= 11 is 0. The fourth-order valence-corrected chi connectivity index (χ4v) is 9.76. The van der Waals surface area contributed by atoms with Gasteiger partial charge >= 0.3 is 0 Å². The highest BCUT2D eigenvalue weighted by molar-refractivity contribution is 7.96. The molecule has 1 fully saturated rings. The van der Waals surface area contributed by atoms with Gasteiger partial charge in [-0.25, -0.2) is 0 Å². The fourth-order valence-electron chi connectivity index (χ4n) is 4.54. The number of hydrogen-bond donors (Lipinski definition) is 0. The van der Waals surface area contributed by atoms with Crippen molar-refractivity contribution in [2.24, 2.45) is 0 Å². The van der Waals surface area contributed by atoms with Crippen LogP contribution in [0.2, 0.25) is 0 Å². The highest BCUT2D eigenvalue weighted by atomic mass is 79.9. The third-order valence-electron chi connectivity index (χ3n) is 5.61. The number of hydrogen-bond acceptors (Lipinski definition) is 0. The summed E-state index contributed by atoms with van der Waals surface area (Å²) in [5.74, 6) is 0. The molecule has 1 aliphatic carbocycles. The van der Waals surface area contributed by atoms with Crippen LogP contribution in [-0.4, -0.2) is 5.66 Å². The smallest absolute Gasteiger partial charge is 0.115 e. The molecule has 0 N–H and O–H groups in total. The molecule has 1 saturated carbocycles. The Kier molecular flexibility index (Phi) is 6.68.